The van der Waals surface area contributed by atoms with E-state index in [1.165, 1.54) is 6.07 Å². The summed E-state index contributed by atoms with van der Waals surface area (Å²) >= 11 is 5.89. The fraction of sp³-hybridized carbons (Fsp3) is 0.317. The third-order valence-corrected chi connectivity index (χ3v) is 10.7. The van der Waals surface area contributed by atoms with Gasteiger partial charge in [-0.2, -0.15) is 5.10 Å². The van der Waals surface area contributed by atoms with E-state index < -0.39 is 5.82 Å². The molecule has 1 saturated carbocycles. The summed E-state index contributed by atoms with van der Waals surface area (Å²) in [7, 11) is 0. The summed E-state index contributed by atoms with van der Waals surface area (Å²) in [5, 5.41) is 12.3. The summed E-state index contributed by atoms with van der Waals surface area (Å²) in [5.41, 5.74) is 8.68. The monoisotopic (exact) mass is 731 g/mol. The lowest BCUT2D eigenvalue weighted by Crippen LogP contribution is -2.33. The number of amides is 1. The van der Waals surface area contributed by atoms with E-state index in [-0.39, 0.29) is 18.6 Å². The number of pyridine rings is 1. The SMILES string of the molecule is Cc1cc(NC(=O)c2ccc3c(c2)nc(CN2CC=C(c4cccc(OCc5ccc(Cl)cc5F)n4)CC2)n3C[C@@H]2CCO2)cc2c(C3CC3)n[nH]c12. The van der Waals surface area contributed by atoms with Gasteiger partial charge in [0.2, 0.25) is 5.88 Å². The molecule has 10 nitrogen and oxygen atoms in total. The third-order valence-electron chi connectivity index (χ3n) is 10.5. The first kappa shape index (κ1) is 33.7. The topological polar surface area (TPSA) is 110 Å². The number of aryl methyl sites for hydroxylation is 1. The maximum Gasteiger partial charge on any atom is 0.255 e. The predicted octanol–water partition coefficient (Wildman–Crippen LogP) is 8.20. The number of hydrogen-bond acceptors (Lipinski definition) is 7. The number of nitrogens with zero attached hydrogens (tertiary/aromatic N) is 5. The average Bonchev–Trinajstić information content (AvgIpc) is 3.80. The number of hydrogen-bond donors (Lipinski definition) is 2. The zero-order chi connectivity index (χ0) is 36.1. The Morgan fingerprint density at radius 3 is 2.75 bits per heavy atom. The van der Waals surface area contributed by atoms with Crippen molar-refractivity contribution in [2.24, 2.45) is 0 Å². The van der Waals surface area contributed by atoms with Crippen molar-refractivity contribution < 1.29 is 18.7 Å². The average molecular weight is 732 g/mol. The van der Waals surface area contributed by atoms with Gasteiger partial charge in [-0.15, -0.1) is 0 Å². The molecule has 1 saturated heterocycles. The molecule has 5 heterocycles. The van der Waals surface area contributed by atoms with Crippen molar-refractivity contribution in [1.82, 2.24) is 29.6 Å². The number of fused-ring (bicyclic) bond motifs is 2. The van der Waals surface area contributed by atoms with Crippen molar-refractivity contribution in [3.05, 3.63) is 118 Å². The number of benzene rings is 3. The van der Waals surface area contributed by atoms with Crippen LogP contribution in [0.1, 0.15) is 70.3 Å². The molecule has 2 fully saturated rings. The minimum Gasteiger partial charge on any atom is -0.473 e. The molecule has 2 aliphatic heterocycles. The van der Waals surface area contributed by atoms with E-state index in [4.69, 9.17) is 31.0 Å². The van der Waals surface area contributed by atoms with Crippen molar-refractivity contribution in [2.45, 2.75) is 64.3 Å². The van der Waals surface area contributed by atoms with Gasteiger partial charge in [-0.3, -0.25) is 14.8 Å². The molecule has 1 amide bonds. The van der Waals surface area contributed by atoms with Crippen LogP contribution in [0.3, 0.4) is 0 Å². The molecule has 0 unspecified atom stereocenters. The summed E-state index contributed by atoms with van der Waals surface area (Å²) in [6, 6.07) is 20.0. The number of ether oxygens (including phenoxy) is 2. The largest absolute Gasteiger partial charge is 0.473 e. The standard InChI is InChI=1S/C41H39ClFN7O3/c1-24-17-30(20-32-39(24)47-48-40(32)26-5-6-26)44-41(51)27-8-10-36-35(18-27)45-37(50(36)21-31-13-16-52-31)22-49-14-11-25(12-15-49)34-3-2-4-38(46-34)53-23-28-7-9-29(42)19-33(28)43/h2-4,7-11,17-20,26,31H,5-6,12-16,21-23H2,1H3,(H,44,51)(H,47,48)/t31-/m0/s1. The van der Waals surface area contributed by atoms with Crippen LogP contribution >= 0.6 is 11.6 Å². The second kappa shape index (κ2) is 14.0. The first-order valence-corrected chi connectivity index (χ1v) is 18.6. The number of carbonyl (C=O) groups excluding carboxylic acids is 1. The van der Waals surface area contributed by atoms with Gasteiger partial charge < -0.3 is 19.4 Å². The highest BCUT2D eigenvalue weighted by Crippen LogP contribution is 2.43. The number of nitrogens with one attached hydrogen (secondary N) is 2. The second-order valence-electron chi connectivity index (χ2n) is 14.3. The number of rotatable bonds is 11. The third kappa shape index (κ3) is 7.04. The van der Waals surface area contributed by atoms with E-state index in [2.05, 4.69) is 31.1 Å². The van der Waals surface area contributed by atoms with E-state index in [0.29, 0.717) is 34.5 Å². The number of H-pyrrole nitrogens is 1. The van der Waals surface area contributed by atoms with Gasteiger partial charge in [0.1, 0.15) is 18.2 Å². The Labute approximate surface area is 311 Å². The van der Waals surface area contributed by atoms with Gasteiger partial charge in [0, 0.05) is 58.9 Å². The van der Waals surface area contributed by atoms with E-state index in [1.54, 1.807) is 18.2 Å². The first-order chi connectivity index (χ1) is 25.8. The lowest BCUT2D eigenvalue weighted by molar-refractivity contribution is -0.0591. The Balaban J connectivity index is 0.901. The van der Waals surface area contributed by atoms with Crippen LogP contribution in [-0.2, 0) is 24.4 Å². The minimum absolute atomic E-state index is 0.0639. The number of anilines is 1. The molecule has 6 aromatic rings. The molecule has 0 spiro atoms. The lowest BCUT2D eigenvalue weighted by atomic mass is 10.0. The molecule has 12 heteroatoms. The zero-order valence-electron chi connectivity index (χ0n) is 29.4. The normalized spacial score (nSPS) is 17.6. The number of halogens is 2. The van der Waals surface area contributed by atoms with Crippen LogP contribution < -0.4 is 10.1 Å². The summed E-state index contributed by atoms with van der Waals surface area (Å²) in [5.74, 6) is 1.32. The van der Waals surface area contributed by atoms with Crippen molar-refractivity contribution in [3.8, 4) is 5.88 Å². The lowest BCUT2D eigenvalue weighted by Gasteiger charge is -2.29. The number of carbonyl (C=O) groups is 1. The highest BCUT2D eigenvalue weighted by atomic mass is 35.5. The van der Waals surface area contributed by atoms with Crippen LogP contribution in [0, 0.1) is 12.7 Å². The van der Waals surface area contributed by atoms with Crippen LogP contribution in [0.25, 0.3) is 27.5 Å². The highest BCUT2D eigenvalue weighted by Gasteiger charge is 2.29. The molecule has 3 aromatic heterocycles. The number of imidazole rings is 1. The van der Waals surface area contributed by atoms with Gasteiger partial charge >= 0.3 is 0 Å². The van der Waals surface area contributed by atoms with Crippen molar-refractivity contribution in [2.75, 3.05) is 25.0 Å². The highest BCUT2D eigenvalue weighted by molar-refractivity contribution is 6.30. The summed E-state index contributed by atoms with van der Waals surface area (Å²) in [4.78, 5) is 25.7. The Morgan fingerprint density at radius 2 is 1.98 bits per heavy atom. The molecule has 1 aliphatic carbocycles. The molecular weight excluding hydrogens is 693 g/mol. The number of aromatic nitrogens is 5. The molecule has 2 N–H and O–H groups in total. The van der Waals surface area contributed by atoms with Crippen LogP contribution in [0.5, 0.6) is 5.88 Å². The molecule has 270 valence electrons. The van der Waals surface area contributed by atoms with Gasteiger partial charge in [-0.05, 0) is 92.3 Å². The summed E-state index contributed by atoms with van der Waals surface area (Å²) in [6.07, 6.45) is 6.50. The second-order valence-corrected chi connectivity index (χ2v) is 14.7. The Hall–Kier alpha value is -5.10. The Kier molecular flexibility index (Phi) is 8.93. The van der Waals surface area contributed by atoms with Crippen molar-refractivity contribution in [3.63, 3.8) is 0 Å². The number of aromatic amines is 1. The molecule has 3 aromatic carbocycles. The van der Waals surface area contributed by atoms with Crippen LogP contribution in [0.15, 0.2) is 72.8 Å². The van der Waals surface area contributed by atoms with Crippen LogP contribution in [-0.4, -0.2) is 61.3 Å². The maximum atomic E-state index is 14.3. The zero-order valence-corrected chi connectivity index (χ0v) is 30.1. The van der Waals surface area contributed by atoms with E-state index >= 15 is 0 Å². The maximum absolute atomic E-state index is 14.3. The molecule has 3 aliphatic rings. The van der Waals surface area contributed by atoms with Crippen LogP contribution in [0.4, 0.5) is 10.1 Å². The van der Waals surface area contributed by atoms with Gasteiger partial charge in [0.25, 0.3) is 5.91 Å². The summed E-state index contributed by atoms with van der Waals surface area (Å²) in [6.45, 7) is 5.82. The quantitative estimate of drug-likeness (QED) is 0.138. The fourth-order valence-electron chi connectivity index (χ4n) is 7.29. The molecule has 9 rings (SSSR count). The van der Waals surface area contributed by atoms with E-state index in [9.17, 15) is 9.18 Å². The van der Waals surface area contributed by atoms with Gasteiger partial charge in [0.05, 0.1) is 47.1 Å². The molecule has 53 heavy (non-hydrogen) atoms. The first-order valence-electron chi connectivity index (χ1n) is 18.2. The Bertz CT molecular complexity index is 2400. The molecule has 0 bridgehead atoms. The van der Waals surface area contributed by atoms with Crippen molar-refractivity contribution >= 4 is 50.7 Å². The van der Waals surface area contributed by atoms with E-state index in [0.717, 1.165) is 108 Å². The molecule has 0 radical (unpaired) electrons. The Morgan fingerprint density at radius 1 is 1.09 bits per heavy atom. The molecule has 1 atom stereocenters. The van der Waals surface area contributed by atoms with Gasteiger partial charge in [-0.25, -0.2) is 14.4 Å². The van der Waals surface area contributed by atoms with Crippen LogP contribution in [0.2, 0.25) is 5.02 Å². The summed E-state index contributed by atoms with van der Waals surface area (Å²) < 4.78 is 28.2. The smallest absolute Gasteiger partial charge is 0.255 e. The van der Waals surface area contributed by atoms with Crippen molar-refractivity contribution in [1.29, 1.82) is 0 Å². The van der Waals surface area contributed by atoms with E-state index in [1.807, 2.05) is 49.4 Å². The fourth-order valence-corrected chi connectivity index (χ4v) is 7.45. The van der Waals surface area contributed by atoms with Gasteiger partial charge in [-0.1, -0.05) is 29.8 Å². The molecular formula is C41H39ClFN7O3. The minimum atomic E-state index is -0.403. The van der Waals surface area contributed by atoms with Gasteiger partial charge in [0.15, 0.2) is 0 Å². The predicted molar refractivity (Wildman–Crippen MR) is 203 cm³/mol.